The third-order valence-electron chi connectivity index (χ3n) is 2.20. The first-order valence-corrected chi connectivity index (χ1v) is 4.55. The summed E-state index contributed by atoms with van der Waals surface area (Å²) in [6, 6.07) is 5.66. The van der Waals surface area contributed by atoms with Crippen LogP contribution in [0.25, 0.3) is 0 Å². The molecule has 0 aromatic heterocycles. The molecule has 0 fully saturated rings. The fourth-order valence-corrected chi connectivity index (χ4v) is 1.51. The highest BCUT2D eigenvalue weighted by Crippen LogP contribution is 2.23. The fraction of sp³-hybridized carbons (Fsp3) is 0.300. The molecule has 72 valence electrons. The Morgan fingerprint density at radius 2 is 2.29 bits per heavy atom. The van der Waals surface area contributed by atoms with Gasteiger partial charge in [-0.15, -0.1) is 0 Å². The Bertz CT molecular complexity index is 383. The Labute approximate surface area is 82.0 Å². The molecule has 0 unspecified atom stereocenters. The van der Waals surface area contributed by atoms with Gasteiger partial charge >= 0.3 is 0 Å². The molecular formula is C10H11N3O. The molecule has 1 aliphatic rings. The standard InChI is InChI=1S/C10H11N3O/c14-7-13-9-2-1-8-6-11-3-4-12-10(8)5-9/h1-2,5,11-12H,3-4,6H2. The molecule has 4 heteroatoms. The summed E-state index contributed by atoms with van der Waals surface area (Å²) >= 11 is 0. The second-order valence-electron chi connectivity index (χ2n) is 3.15. The lowest BCUT2D eigenvalue weighted by atomic mass is 10.1. The average Bonchev–Trinajstić information content (AvgIpc) is 2.42. The van der Waals surface area contributed by atoms with Crippen molar-refractivity contribution >= 4 is 17.5 Å². The average molecular weight is 189 g/mol. The summed E-state index contributed by atoms with van der Waals surface area (Å²) < 4.78 is 0. The second-order valence-corrected chi connectivity index (χ2v) is 3.15. The Kier molecular flexibility index (Phi) is 2.58. The summed E-state index contributed by atoms with van der Waals surface area (Å²) in [6.45, 7) is 2.69. The van der Waals surface area contributed by atoms with Gasteiger partial charge in [0, 0.05) is 25.3 Å². The number of anilines is 1. The van der Waals surface area contributed by atoms with E-state index >= 15 is 0 Å². The largest absolute Gasteiger partial charge is 0.383 e. The molecule has 2 N–H and O–H groups in total. The van der Waals surface area contributed by atoms with Gasteiger partial charge in [0.2, 0.25) is 6.08 Å². The zero-order chi connectivity index (χ0) is 9.80. The summed E-state index contributed by atoms with van der Waals surface area (Å²) in [5.41, 5.74) is 2.90. The van der Waals surface area contributed by atoms with Crippen molar-refractivity contribution in [3.05, 3.63) is 23.8 Å². The van der Waals surface area contributed by atoms with Crippen LogP contribution < -0.4 is 10.6 Å². The van der Waals surface area contributed by atoms with Crippen molar-refractivity contribution in [2.24, 2.45) is 4.99 Å². The maximum absolute atomic E-state index is 10.1. The Morgan fingerprint density at radius 1 is 1.36 bits per heavy atom. The molecule has 0 saturated heterocycles. The van der Waals surface area contributed by atoms with E-state index in [-0.39, 0.29) is 0 Å². The Hall–Kier alpha value is -1.64. The van der Waals surface area contributed by atoms with Crippen LogP contribution in [0.5, 0.6) is 0 Å². The third-order valence-corrected chi connectivity index (χ3v) is 2.20. The molecular weight excluding hydrogens is 178 g/mol. The number of benzene rings is 1. The van der Waals surface area contributed by atoms with Gasteiger partial charge in [0.25, 0.3) is 0 Å². The molecule has 1 aromatic carbocycles. The zero-order valence-electron chi connectivity index (χ0n) is 7.71. The van der Waals surface area contributed by atoms with Crippen LogP contribution in [0.15, 0.2) is 23.2 Å². The number of aliphatic imine (C=N–C) groups is 1. The van der Waals surface area contributed by atoms with Crippen LogP contribution in [-0.4, -0.2) is 19.2 Å². The number of hydrogen-bond acceptors (Lipinski definition) is 4. The number of nitrogens with zero attached hydrogens (tertiary/aromatic N) is 1. The van der Waals surface area contributed by atoms with E-state index in [2.05, 4.69) is 15.6 Å². The quantitative estimate of drug-likeness (QED) is 0.515. The lowest BCUT2D eigenvalue weighted by molar-refractivity contribution is 0.565. The lowest BCUT2D eigenvalue weighted by Crippen LogP contribution is -2.16. The molecule has 0 radical (unpaired) electrons. The molecule has 0 aliphatic carbocycles. The topological polar surface area (TPSA) is 53.5 Å². The minimum Gasteiger partial charge on any atom is -0.383 e. The van der Waals surface area contributed by atoms with Gasteiger partial charge in [0.15, 0.2) is 0 Å². The van der Waals surface area contributed by atoms with Gasteiger partial charge < -0.3 is 10.6 Å². The third kappa shape index (κ3) is 1.82. The van der Waals surface area contributed by atoms with Gasteiger partial charge in [-0.1, -0.05) is 6.07 Å². The van der Waals surface area contributed by atoms with E-state index in [0.29, 0.717) is 5.69 Å². The lowest BCUT2D eigenvalue weighted by Gasteiger charge is -2.06. The number of fused-ring (bicyclic) bond motifs is 1. The molecule has 0 saturated carbocycles. The highest BCUT2D eigenvalue weighted by molar-refractivity contribution is 5.62. The highest BCUT2D eigenvalue weighted by atomic mass is 16.1. The summed E-state index contributed by atoms with van der Waals surface area (Å²) in [4.78, 5) is 13.7. The van der Waals surface area contributed by atoms with Crippen LogP contribution in [0.2, 0.25) is 0 Å². The van der Waals surface area contributed by atoms with Crippen LogP contribution in [0, 0.1) is 0 Å². The maximum atomic E-state index is 10.1. The molecule has 0 amide bonds. The molecule has 1 aromatic rings. The summed E-state index contributed by atoms with van der Waals surface area (Å²) in [6.07, 6.45) is 1.54. The van der Waals surface area contributed by atoms with E-state index in [1.807, 2.05) is 18.2 Å². The predicted molar refractivity (Wildman–Crippen MR) is 54.4 cm³/mol. The van der Waals surface area contributed by atoms with E-state index in [0.717, 1.165) is 25.3 Å². The first kappa shape index (κ1) is 8.94. The second kappa shape index (κ2) is 4.05. The van der Waals surface area contributed by atoms with Crippen molar-refractivity contribution in [1.82, 2.24) is 5.32 Å². The van der Waals surface area contributed by atoms with Gasteiger partial charge in [-0.3, -0.25) is 0 Å². The molecule has 0 atom stereocenters. The van der Waals surface area contributed by atoms with Crippen LogP contribution in [0.1, 0.15) is 5.56 Å². The monoisotopic (exact) mass is 189 g/mol. The Morgan fingerprint density at radius 3 is 3.14 bits per heavy atom. The zero-order valence-corrected chi connectivity index (χ0v) is 7.71. The number of rotatable bonds is 1. The smallest absolute Gasteiger partial charge is 0.240 e. The maximum Gasteiger partial charge on any atom is 0.240 e. The molecule has 1 heterocycles. The van der Waals surface area contributed by atoms with E-state index in [4.69, 9.17) is 0 Å². The number of carbonyl (C=O) groups excluding carboxylic acids is 1. The van der Waals surface area contributed by atoms with Crippen molar-refractivity contribution in [3.8, 4) is 0 Å². The van der Waals surface area contributed by atoms with Crippen molar-refractivity contribution in [2.75, 3.05) is 18.4 Å². The summed E-state index contributed by atoms with van der Waals surface area (Å²) in [7, 11) is 0. The molecule has 0 spiro atoms. The predicted octanol–water partition coefficient (Wildman–Crippen LogP) is 1.17. The highest BCUT2D eigenvalue weighted by Gasteiger charge is 2.06. The van der Waals surface area contributed by atoms with Gasteiger partial charge in [-0.2, -0.15) is 4.99 Å². The van der Waals surface area contributed by atoms with Crippen LogP contribution in [0.4, 0.5) is 11.4 Å². The van der Waals surface area contributed by atoms with Gasteiger partial charge in [0.1, 0.15) is 0 Å². The van der Waals surface area contributed by atoms with Crippen LogP contribution >= 0.6 is 0 Å². The van der Waals surface area contributed by atoms with Gasteiger partial charge in [-0.25, -0.2) is 4.79 Å². The normalized spacial score (nSPS) is 14.6. The van der Waals surface area contributed by atoms with Crippen molar-refractivity contribution < 1.29 is 4.79 Å². The first-order valence-electron chi connectivity index (χ1n) is 4.55. The Balaban J connectivity index is 2.36. The summed E-state index contributed by atoms with van der Waals surface area (Å²) in [5, 5.41) is 6.56. The van der Waals surface area contributed by atoms with Crippen molar-refractivity contribution in [2.45, 2.75) is 6.54 Å². The van der Waals surface area contributed by atoms with E-state index in [1.165, 1.54) is 11.6 Å². The van der Waals surface area contributed by atoms with Crippen molar-refractivity contribution in [3.63, 3.8) is 0 Å². The molecule has 4 nitrogen and oxygen atoms in total. The number of hydrogen-bond donors (Lipinski definition) is 2. The first-order chi connectivity index (χ1) is 6.90. The van der Waals surface area contributed by atoms with E-state index in [1.54, 1.807) is 0 Å². The molecule has 0 bridgehead atoms. The van der Waals surface area contributed by atoms with E-state index in [9.17, 15) is 4.79 Å². The molecule has 14 heavy (non-hydrogen) atoms. The number of isocyanates is 1. The van der Waals surface area contributed by atoms with Crippen molar-refractivity contribution in [1.29, 1.82) is 0 Å². The van der Waals surface area contributed by atoms with Gasteiger partial charge in [0.05, 0.1) is 5.69 Å². The molecule has 2 rings (SSSR count). The van der Waals surface area contributed by atoms with E-state index < -0.39 is 0 Å². The minimum absolute atomic E-state index is 0.646. The van der Waals surface area contributed by atoms with Crippen LogP contribution in [0.3, 0.4) is 0 Å². The summed E-state index contributed by atoms with van der Waals surface area (Å²) in [5.74, 6) is 0. The minimum atomic E-state index is 0.646. The van der Waals surface area contributed by atoms with Gasteiger partial charge in [-0.05, 0) is 17.7 Å². The fourth-order valence-electron chi connectivity index (χ4n) is 1.51. The molecule has 1 aliphatic heterocycles. The van der Waals surface area contributed by atoms with Crippen LogP contribution in [-0.2, 0) is 11.3 Å². The SMILES string of the molecule is O=C=Nc1ccc2c(c1)NCCNC2. The number of nitrogens with one attached hydrogen (secondary N) is 2.